The van der Waals surface area contributed by atoms with Crippen molar-refractivity contribution in [1.82, 2.24) is 5.32 Å². The second-order valence-corrected chi connectivity index (χ2v) is 3.17. The van der Waals surface area contributed by atoms with Crippen molar-refractivity contribution in [3.63, 3.8) is 0 Å². The van der Waals surface area contributed by atoms with Gasteiger partial charge in [0.1, 0.15) is 0 Å². The first kappa shape index (κ1) is 12.2. The van der Waals surface area contributed by atoms with Crippen molar-refractivity contribution < 1.29 is 14.7 Å². The molecular weight excluding hydrogens is 194 g/mol. The number of carbonyl (C=O) groups excluding carboxylic acids is 1. The highest BCUT2D eigenvalue weighted by atomic mass is 35.5. The fourth-order valence-electron chi connectivity index (χ4n) is 0.938. The molecule has 5 heteroatoms. The molecule has 0 atom stereocenters. The van der Waals surface area contributed by atoms with Crippen LogP contribution < -0.4 is 5.32 Å². The Balaban J connectivity index is 3.00. The molecule has 0 spiro atoms. The van der Waals surface area contributed by atoms with Gasteiger partial charge in [-0.15, -0.1) is 0 Å². The predicted molar refractivity (Wildman–Crippen MR) is 50.0 cm³/mol. The average molecular weight is 208 g/mol. The summed E-state index contributed by atoms with van der Waals surface area (Å²) < 4.78 is 0. The van der Waals surface area contributed by atoms with Crippen LogP contribution in [0.3, 0.4) is 0 Å². The van der Waals surface area contributed by atoms with Crippen LogP contribution in [0.5, 0.6) is 0 Å². The molecule has 0 fully saturated rings. The molecule has 0 aliphatic rings. The lowest BCUT2D eigenvalue weighted by atomic mass is 10.1. The molecule has 1 amide bonds. The largest absolute Gasteiger partial charge is 0.465 e. The smallest absolute Gasteiger partial charge is 0.404 e. The minimum atomic E-state index is -0.990. The van der Waals surface area contributed by atoms with Crippen LogP contribution in [0.4, 0.5) is 4.79 Å². The quantitative estimate of drug-likeness (QED) is 0.496. The maximum Gasteiger partial charge on any atom is 0.404 e. The third kappa shape index (κ3) is 11.2. The van der Waals surface area contributed by atoms with E-state index in [2.05, 4.69) is 5.32 Å². The lowest BCUT2D eigenvalue weighted by molar-refractivity contribution is -0.111. The Labute approximate surface area is 82.3 Å². The van der Waals surface area contributed by atoms with Crippen molar-refractivity contribution in [3.05, 3.63) is 0 Å². The van der Waals surface area contributed by atoms with Gasteiger partial charge in [-0.25, -0.2) is 4.79 Å². The van der Waals surface area contributed by atoms with Crippen molar-refractivity contribution in [2.75, 3.05) is 6.54 Å². The normalized spacial score (nSPS) is 9.62. The first-order valence-electron chi connectivity index (χ1n) is 4.28. The zero-order chi connectivity index (χ0) is 10.1. The molecule has 76 valence electrons. The maximum atomic E-state index is 10.3. The van der Waals surface area contributed by atoms with Crippen LogP contribution in [0.25, 0.3) is 0 Å². The van der Waals surface area contributed by atoms with Crippen LogP contribution >= 0.6 is 11.6 Å². The summed E-state index contributed by atoms with van der Waals surface area (Å²) in [4.78, 5) is 20.3. The van der Waals surface area contributed by atoms with Crippen molar-refractivity contribution in [1.29, 1.82) is 0 Å². The van der Waals surface area contributed by atoms with Crippen LogP contribution in [-0.4, -0.2) is 23.0 Å². The molecule has 4 nitrogen and oxygen atoms in total. The van der Waals surface area contributed by atoms with E-state index in [9.17, 15) is 9.59 Å². The minimum Gasteiger partial charge on any atom is -0.465 e. The van der Waals surface area contributed by atoms with E-state index >= 15 is 0 Å². The molecule has 0 bridgehead atoms. The number of rotatable bonds is 7. The Hall–Kier alpha value is -0.770. The van der Waals surface area contributed by atoms with Crippen molar-refractivity contribution in [2.24, 2.45) is 0 Å². The topological polar surface area (TPSA) is 66.4 Å². The lowest BCUT2D eigenvalue weighted by Crippen LogP contribution is -2.21. The van der Waals surface area contributed by atoms with Gasteiger partial charge in [0.15, 0.2) is 0 Å². The molecule has 0 heterocycles. The zero-order valence-corrected chi connectivity index (χ0v) is 8.14. The Morgan fingerprint density at radius 3 is 2.31 bits per heavy atom. The highest BCUT2D eigenvalue weighted by Crippen LogP contribution is 2.04. The van der Waals surface area contributed by atoms with Crippen LogP contribution in [-0.2, 0) is 4.79 Å². The molecule has 0 aliphatic heterocycles. The molecule has 0 aromatic rings. The van der Waals surface area contributed by atoms with Gasteiger partial charge in [0.05, 0.1) is 0 Å². The zero-order valence-electron chi connectivity index (χ0n) is 7.38. The van der Waals surface area contributed by atoms with Gasteiger partial charge in [-0.05, 0) is 24.4 Å². The van der Waals surface area contributed by atoms with E-state index in [-0.39, 0.29) is 5.24 Å². The van der Waals surface area contributed by atoms with E-state index in [1.54, 1.807) is 0 Å². The van der Waals surface area contributed by atoms with Crippen LogP contribution in [0.1, 0.15) is 32.1 Å². The molecule has 0 saturated heterocycles. The molecule has 0 radical (unpaired) electrons. The van der Waals surface area contributed by atoms with Crippen molar-refractivity contribution >= 4 is 22.9 Å². The Morgan fingerprint density at radius 1 is 1.15 bits per heavy atom. The lowest BCUT2D eigenvalue weighted by Gasteiger charge is -1.99. The minimum absolute atomic E-state index is 0.302. The number of carboxylic acid groups (broad SMARTS) is 1. The van der Waals surface area contributed by atoms with E-state index in [1.165, 1.54) is 0 Å². The highest BCUT2D eigenvalue weighted by molar-refractivity contribution is 6.63. The van der Waals surface area contributed by atoms with Gasteiger partial charge in [0.2, 0.25) is 5.24 Å². The van der Waals surface area contributed by atoms with E-state index in [0.29, 0.717) is 13.0 Å². The SMILES string of the molecule is O=C(Cl)CCCCCCNC(=O)O. The standard InChI is InChI=1S/C8H14ClNO3/c9-7(11)5-3-1-2-4-6-10-8(12)13/h10H,1-6H2,(H,12,13). The molecule has 0 rings (SSSR count). The Bertz CT molecular complexity index is 155. The molecule has 13 heavy (non-hydrogen) atoms. The highest BCUT2D eigenvalue weighted by Gasteiger charge is 1.96. The summed E-state index contributed by atoms with van der Waals surface area (Å²) in [5, 5.41) is 10.2. The number of nitrogens with one attached hydrogen (secondary N) is 1. The third-order valence-corrected chi connectivity index (χ3v) is 1.77. The van der Waals surface area contributed by atoms with Gasteiger partial charge in [-0.1, -0.05) is 12.8 Å². The van der Waals surface area contributed by atoms with Crippen LogP contribution in [0, 0.1) is 0 Å². The first-order chi connectivity index (χ1) is 6.13. The second kappa shape index (κ2) is 7.86. The average Bonchev–Trinajstić information content (AvgIpc) is 2.01. The summed E-state index contributed by atoms with van der Waals surface area (Å²) in [6.45, 7) is 0.476. The van der Waals surface area contributed by atoms with Gasteiger partial charge >= 0.3 is 6.09 Å². The molecule has 0 aliphatic carbocycles. The number of halogens is 1. The van der Waals surface area contributed by atoms with Crippen LogP contribution in [0.2, 0.25) is 0 Å². The number of unbranched alkanes of at least 4 members (excludes halogenated alkanes) is 3. The number of amides is 1. The van der Waals surface area contributed by atoms with E-state index < -0.39 is 6.09 Å². The molecule has 0 aromatic carbocycles. The van der Waals surface area contributed by atoms with Crippen molar-refractivity contribution in [3.8, 4) is 0 Å². The van der Waals surface area contributed by atoms with Gasteiger partial charge < -0.3 is 10.4 Å². The Morgan fingerprint density at radius 2 is 1.77 bits per heavy atom. The van der Waals surface area contributed by atoms with E-state index in [0.717, 1.165) is 25.7 Å². The van der Waals surface area contributed by atoms with E-state index in [1.807, 2.05) is 0 Å². The Kier molecular flexibility index (Phi) is 7.39. The van der Waals surface area contributed by atoms with Crippen LogP contribution in [0.15, 0.2) is 0 Å². The van der Waals surface area contributed by atoms with Gasteiger partial charge in [0.25, 0.3) is 0 Å². The molecular formula is C8H14ClNO3. The molecule has 0 saturated carbocycles. The maximum absolute atomic E-state index is 10.3. The van der Waals surface area contributed by atoms with Gasteiger partial charge in [-0.3, -0.25) is 4.79 Å². The van der Waals surface area contributed by atoms with E-state index in [4.69, 9.17) is 16.7 Å². The monoisotopic (exact) mass is 207 g/mol. The summed E-state index contributed by atoms with van der Waals surface area (Å²) in [5.74, 6) is 0. The molecule has 0 unspecified atom stereocenters. The predicted octanol–water partition coefficient (Wildman–Crippen LogP) is 1.97. The summed E-state index contributed by atoms with van der Waals surface area (Å²) in [7, 11) is 0. The molecule has 2 N–H and O–H groups in total. The summed E-state index contributed by atoms with van der Waals surface area (Å²) in [6, 6.07) is 0. The second-order valence-electron chi connectivity index (χ2n) is 2.75. The fourth-order valence-corrected chi connectivity index (χ4v) is 1.07. The summed E-state index contributed by atoms with van der Waals surface area (Å²) >= 11 is 5.13. The van der Waals surface area contributed by atoms with Gasteiger partial charge in [-0.2, -0.15) is 0 Å². The third-order valence-electron chi connectivity index (χ3n) is 1.58. The molecule has 0 aromatic heterocycles. The van der Waals surface area contributed by atoms with Crippen molar-refractivity contribution in [2.45, 2.75) is 32.1 Å². The number of carbonyl (C=O) groups is 2. The fraction of sp³-hybridized carbons (Fsp3) is 0.750. The van der Waals surface area contributed by atoms with Gasteiger partial charge in [0, 0.05) is 13.0 Å². The summed E-state index contributed by atoms with van der Waals surface area (Å²) in [6.07, 6.45) is 2.85. The number of hydrogen-bond donors (Lipinski definition) is 2. The number of hydrogen-bond acceptors (Lipinski definition) is 2. The summed E-state index contributed by atoms with van der Waals surface area (Å²) in [5.41, 5.74) is 0. The first-order valence-corrected chi connectivity index (χ1v) is 4.66.